The standard InChI is InChI=1S/C20H18ClF3N2O4/c1-29-16-8-11(7-14(21)17(16)30-2)19(28)26-15-6-5-12(9-13(15)20(22,23)24)25-18(27)10-3-4-10/h5-10H,3-4H2,1-2H3,(H,25,27)(H,26,28). The van der Waals surface area contributed by atoms with Gasteiger partial charge in [0.1, 0.15) is 0 Å². The van der Waals surface area contributed by atoms with Crippen molar-refractivity contribution >= 4 is 34.8 Å². The van der Waals surface area contributed by atoms with Crippen molar-refractivity contribution < 1.29 is 32.2 Å². The summed E-state index contributed by atoms with van der Waals surface area (Å²) in [7, 11) is 2.70. The van der Waals surface area contributed by atoms with Crippen LogP contribution in [-0.4, -0.2) is 26.0 Å². The first kappa shape index (κ1) is 21.8. The number of carbonyl (C=O) groups is 2. The molecule has 1 aliphatic carbocycles. The fourth-order valence-electron chi connectivity index (χ4n) is 2.80. The van der Waals surface area contributed by atoms with Gasteiger partial charge >= 0.3 is 6.18 Å². The van der Waals surface area contributed by atoms with Crippen LogP contribution in [0, 0.1) is 5.92 Å². The molecule has 0 radical (unpaired) electrons. The largest absolute Gasteiger partial charge is 0.493 e. The number of hydrogen-bond donors (Lipinski definition) is 2. The predicted octanol–water partition coefficient (Wildman–Crippen LogP) is 4.98. The Kier molecular flexibility index (Phi) is 6.12. The normalized spacial score (nSPS) is 13.5. The van der Waals surface area contributed by atoms with Gasteiger partial charge < -0.3 is 20.1 Å². The average molecular weight is 443 g/mol. The molecule has 0 saturated heterocycles. The number of anilines is 2. The lowest BCUT2D eigenvalue weighted by atomic mass is 10.1. The van der Waals surface area contributed by atoms with Crippen LogP contribution in [-0.2, 0) is 11.0 Å². The summed E-state index contributed by atoms with van der Waals surface area (Å²) < 4.78 is 50.8. The lowest BCUT2D eigenvalue weighted by Crippen LogP contribution is -2.18. The molecule has 3 rings (SSSR count). The predicted molar refractivity (Wildman–Crippen MR) is 105 cm³/mol. The number of amides is 2. The Bertz CT molecular complexity index is 991. The van der Waals surface area contributed by atoms with Gasteiger partial charge in [-0.05, 0) is 43.2 Å². The van der Waals surface area contributed by atoms with Gasteiger partial charge in [0.2, 0.25) is 5.91 Å². The molecule has 1 fully saturated rings. The molecule has 0 spiro atoms. The summed E-state index contributed by atoms with van der Waals surface area (Å²) in [5, 5.41) is 4.77. The molecule has 6 nitrogen and oxygen atoms in total. The fourth-order valence-corrected chi connectivity index (χ4v) is 3.09. The second kappa shape index (κ2) is 8.43. The molecule has 0 heterocycles. The maximum absolute atomic E-state index is 13.5. The summed E-state index contributed by atoms with van der Waals surface area (Å²) in [6.45, 7) is 0. The van der Waals surface area contributed by atoms with E-state index in [0.717, 1.165) is 25.0 Å². The van der Waals surface area contributed by atoms with Crippen molar-refractivity contribution in [3.05, 3.63) is 46.5 Å². The topological polar surface area (TPSA) is 76.7 Å². The summed E-state index contributed by atoms with van der Waals surface area (Å²) in [5.74, 6) is -0.946. The lowest BCUT2D eigenvalue weighted by molar-refractivity contribution is -0.137. The van der Waals surface area contributed by atoms with Crippen molar-refractivity contribution in [2.24, 2.45) is 5.92 Å². The van der Waals surface area contributed by atoms with Crippen molar-refractivity contribution in [2.45, 2.75) is 19.0 Å². The molecule has 0 unspecified atom stereocenters. The number of methoxy groups -OCH3 is 2. The van der Waals surface area contributed by atoms with Gasteiger partial charge in [-0.15, -0.1) is 0 Å². The molecule has 1 saturated carbocycles. The van der Waals surface area contributed by atoms with Crippen molar-refractivity contribution in [3.8, 4) is 11.5 Å². The third-order valence-corrected chi connectivity index (χ3v) is 4.77. The van der Waals surface area contributed by atoms with E-state index < -0.39 is 23.3 Å². The Morgan fingerprint density at radius 1 is 1.07 bits per heavy atom. The highest BCUT2D eigenvalue weighted by Gasteiger charge is 2.35. The second-order valence-electron chi connectivity index (χ2n) is 6.67. The van der Waals surface area contributed by atoms with E-state index in [1.54, 1.807) is 0 Å². The molecular formula is C20H18ClF3N2O4. The summed E-state index contributed by atoms with van der Waals surface area (Å²) >= 11 is 6.06. The van der Waals surface area contributed by atoms with Crippen LogP contribution >= 0.6 is 11.6 Å². The highest BCUT2D eigenvalue weighted by molar-refractivity contribution is 6.32. The zero-order chi connectivity index (χ0) is 22.1. The number of rotatable bonds is 6. The van der Waals surface area contributed by atoms with Crippen LogP contribution < -0.4 is 20.1 Å². The van der Waals surface area contributed by atoms with Gasteiger partial charge in [0.15, 0.2) is 11.5 Å². The third kappa shape index (κ3) is 4.79. The number of nitrogens with one attached hydrogen (secondary N) is 2. The van der Waals surface area contributed by atoms with Crippen molar-refractivity contribution in [1.82, 2.24) is 0 Å². The maximum Gasteiger partial charge on any atom is 0.418 e. The molecule has 2 aromatic rings. The van der Waals surface area contributed by atoms with Gasteiger partial charge in [-0.2, -0.15) is 13.2 Å². The smallest absolute Gasteiger partial charge is 0.418 e. The van der Waals surface area contributed by atoms with Crippen LogP contribution in [0.1, 0.15) is 28.8 Å². The van der Waals surface area contributed by atoms with Gasteiger partial charge in [0, 0.05) is 17.2 Å². The summed E-state index contributed by atoms with van der Waals surface area (Å²) in [5.41, 5.74) is -1.55. The number of hydrogen-bond acceptors (Lipinski definition) is 4. The van der Waals surface area contributed by atoms with Crippen LogP contribution in [0.15, 0.2) is 30.3 Å². The molecule has 2 N–H and O–H groups in total. The van der Waals surface area contributed by atoms with Gasteiger partial charge in [0.05, 0.1) is 30.5 Å². The SMILES string of the molecule is COc1cc(C(=O)Nc2ccc(NC(=O)C3CC3)cc2C(F)(F)F)cc(Cl)c1OC. The molecule has 0 bridgehead atoms. The van der Waals surface area contributed by atoms with Gasteiger partial charge in [-0.25, -0.2) is 0 Å². The van der Waals surface area contributed by atoms with Crippen LogP contribution in [0.5, 0.6) is 11.5 Å². The number of ether oxygens (including phenoxy) is 2. The van der Waals surface area contributed by atoms with Crippen molar-refractivity contribution in [1.29, 1.82) is 0 Å². The van der Waals surface area contributed by atoms with Crippen molar-refractivity contribution in [3.63, 3.8) is 0 Å². The second-order valence-corrected chi connectivity index (χ2v) is 7.08. The molecule has 0 atom stereocenters. The molecule has 2 amide bonds. The number of carbonyl (C=O) groups excluding carboxylic acids is 2. The summed E-state index contributed by atoms with van der Waals surface area (Å²) in [4.78, 5) is 24.4. The summed E-state index contributed by atoms with van der Waals surface area (Å²) in [6, 6.07) is 5.74. The zero-order valence-corrected chi connectivity index (χ0v) is 16.8. The molecule has 160 valence electrons. The highest BCUT2D eigenvalue weighted by atomic mass is 35.5. The Morgan fingerprint density at radius 3 is 2.33 bits per heavy atom. The lowest BCUT2D eigenvalue weighted by Gasteiger charge is -2.16. The van der Waals surface area contributed by atoms with E-state index in [1.807, 2.05) is 0 Å². The van der Waals surface area contributed by atoms with E-state index in [9.17, 15) is 22.8 Å². The quantitative estimate of drug-likeness (QED) is 0.661. The van der Waals surface area contributed by atoms with Gasteiger partial charge in [-0.1, -0.05) is 11.6 Å². The minimum atomic E-state index is -4.75. The van der Waals surface area contributed by atoms with Crippen molar-refractivity contribution in [2.75, 3.05) is 24.9 Å². The average Bonchev–Trinajstić information content (AvgIpc) is 3.52. The van der Waals surface area contributed by atoms with Crippen LogP contribution in [0.3, 0.4) is 0 Å². The maximum atomic E-state index is 13.5. The molecule has 10 heteroatoms. The molecule has 2 aromatic carbocycles. The molecule has 0 aromatic heterocycles. The van der Waals surface area contributed by atoms with E-state index in [-0.39, 0.29) is 39.6 Å². The number of benzene rings is 2. The summed E-state index contributed by atoms with van der Waals surface area (Å²) in [6.07, 6.45) is -3.31. The number of alkyl halides is 3. The Labute approximate surface area is 175 Å². The van der Waals surface area contributed by atoms with Crippen LogP contribution in [0.4, 0.5) is 24.5 Å². The highest BCUT2D eigenvalue weighted by Crippen LogP contribution is 2.39. The zero-order valence-electron chi connectivity index (χ0n) is 16.0. The van der Waals surface area contributed by atoms with Crippen LogP contribution in [0.25, 0.3) is 0 Å². The first-order valence-electron chi connectivity index (χ1n) is 8.89. The van der Waals surface area contributed by atoms with Gasteiger partial charge in [-0.3, -0.25) is 9.59 Å². The van der Waals surface area contributed by atoms with E-state index in [1.165, 1.54) is 32.4 Å². The Balaban J connectivity index is 1.89. The Hall–Kier alpha value is -2.94. The molecular weight excluding hydrogens is 425 g/mol. The third-order valence-electron chi connectivity index (χ3n) is 4.48. The van der Waals surface area contributed by atoms with Gasteiger partial charge in [0.25, 0.3) is 5.91 Å². The minimum Gasteiger partial charge on any atom is -0.493 e. The van der Waals surface area contributed by atoms with E-state index in [0.29, 0.717) is 0 Å². The molecule has 0 aliphatic heterocycles. The van der Waals surface area contributed by atoms with E-state index >= 15 is 0 Å². The monoisotopic (exact) mass is 442 g/mol. The first-order valence-corrected chi connectivity index (χ1v) is 9.26. The fraction of sp³-hybridized carbons (Fsp3) is 0.300. The molecule has 1 aliphatic rings. The Morgan fingerprint density at radius 2 is 1.77 bits per heavy atom. The van der Waals surface area contributed by atoms with E-state index in [4.69, 9.17) is 21.1 Å². The number of halogens is 4. The van der Waals surface area contributed by atoms with Crippen LogP contribution in [0.2, 0.25) is 5.02 Å². The minimum absolute atomic E-state index is 0.00591. The molecule has 30 heavy (non-hydrogen) atoms. The van der Waals surface area contributed by atoms with E-state index in [2.05, 4.69) is 10.6 Å². The first-order chi connectivity index (χ1) is 14.1.